The molecule has 0 saturated heterocycles. The standard InChI is InChI=1S/C11H13ClO2S/c1-9-3-5-11(6-4-9)15(13,14)8-10(2)7-12/h3-6H,2,7-8H2,1H3. The summed E-state index contributed by atoms with van der Waals surface area (Å²) in [5, 5.41) is 0. The maximum absolute atomic E-state index is 11.8. The average molecular weight is 245 g/mol. The molecule has 82 valence electrons. The van der Waals surface area contributed by atoms with E-state index in [0.29, 0.717) is 10.5 Å². The van der Waals surface area contributed by atoms with Crippen molar-refractivity contribution in [1.82, 2.24) is 0 Å². The summed E-state index contributed by atoms with van der Waals surface area (Å²) in [6, 6.07) is 6.75. The molecule has 4 heteroatoms. The topological polar surface area (TPSA) is 34.1 Å². The minimum atomic E-state index is -3.27. The summed E-state index contributed by atoms with van der Waals surface area (Å²) in [6.45, 7) is 5.50. The minimum Gasteiger partial charge on any atom is -0.223 e. The first kappa shape index (κ1) is 12.3. The van der Waals surface area contributed by atoms with E-state index >= 15 is 0 Å². The smallest absolute Gasteiger partial charge is 0.182 e. The second-order valence-corrected chi connectivity index (χ2v) is 5.71. The van der Waals surface area contributed by atoms with Crippen molar-refractivity contribution in [1.29, 1.82) is 0 Å². The summed E-state index contributed by atoms with van der Waals surface area (Å²) in [6.07, 6.45) is 0. The van der Waals surface area contributed by atoms with Crippen LogP contribution in [0.25, 0.3) is 0 Å². The molecule has 0 aliphatic rings. The van der Waals surface area contributed by atoms with Gasteiger partial charge < -0.3 is 0 Å². The van der Waals surface area contributed by atoms with Crippen molar-refractivity contribution < 1.29 is 8.42 Å². The predicted octanol–water partition coefficient (Wildman–Crippen LogP) is 2.56. The Morgan fingerprint density at radius 3 is 2.33 bits per heavy atom. The van der Waals surface area contributed by atoms with Crippen molar-refractivity contribution in [2.24, 2.45) is 0 Å². The Morgan fingerprint density at radius 1 is 1.33 bits per heavy atom. The summed E-state index contributed by atoms with van der Waals surface area (Å²) in [5.41, 5.74) is 1.54. The van der Waals surface area contributed by atoms with E-state index in [-0.39, 0.29) is 11.6 Å². The van der Waals surface area contributed by atoms with Gasteiger partial charge in [0, 0.05) is 5.88 Å². The molecule has 0 aromatic heterocycles. The van der Waals surface area contributed by atoms with Crippen LogP contribution in [-0.4, -0.2) is 20.1 Å². The van der Waals surface area contributed by atoms with Crippen LogP contribution in [0.3, 0.4) is 0 Å². The van der Waals surface area contributed by atoms with E-state index in [1.165, 1.54) is 0 Å². The van der Waals surface area contributed by atoms with Crippen LogP contribution in [0.4, 0.5) is 0 Å². The summed E-state index contributed by atoms with van der Waals surface area (Å²) in [5.74, 6) is 0.0879. The Morgan fingerprint density at radius 2 is 1.87 bits per heavy atom. The number of hydrogen-bond acceptors (Lipinski definition) is 2. The first-order valence-electron chi connectivity index (χ1n) is 4.48. The molecule has 0 bridgehead atoms. The Kier molecular flexibility index (Phi) is 3.94. The first-order chi connectivity index (χ1) is 6.95. The fraction of sp³-hybridized carbons (Fsp3) is 0.273. The SMILES string of the molecule is C=C(CCl)CS(=O)(=O)c1ccc(C)cc1. The second-order valence-electron chi connectivity index (χ2n) is 3.46. The van der Waals surface area contributed by atoms with Crippen LogP contribution in [0.5, 0.6) is 0 Å². The number of aryl methyl sites for hydroxylation is 1. The molecule has 2 nitrogen and oxygen atoms in total. The number of alkyl halides is 1. The van der Waals surface area contributed by atoms with Gasteiger partial charge in [0.25, 0.3) is 0 Å². The van der Waals surface area contributed by atoms with Gasteiger partial charge in [0.15, 0.2) is 9.84 Å². The van der Waals surface area contributed by atoms with Crippen LogP contribution in [0, 0.1) is 6.92 Å². The van der Waals surface area contributed by atoms with E-state index in [0.717, 1.165) is 5.56 Å². The number of sulfone groups is 1. The maximum atomic E-state index is 11.8. The second kappa shape index (κ2) is 4.81. The Hall–Kier alpha value is -0.800. The van der Waals surface area contributed by atoms with Crippen molar-refractivity contribution in [2.45, 2.75) is 11.8 Å². The third-order valence-corrected chi connectivity index (χ3v) is 4.12. The van der Waals surface area contributed by atoms with Crippen molar-refractivity contribution in [3.63, 3.8) is 0 Å². The molecule has 1 aromatic rings. The van der Waals surface area contributed by atoms with E-state index in [1.54, 1.807) is 24.3 Å². The number of hydrogen-bond donors (Lipinski definition) is 0. The molecule has 0 radical (unpaired) electrons. The quantitative estimate of drug-likeness (QED) is 0.603. The fourth-order valence-corrected chi connectivity index (χ4v) is 2.70. The molecule has 0 fully saturated rings. The van der Waals surface area contributed by atoms with Gasteiger partial charge in [-0.25, -0.2) is 8.42 Å². The summed E-state index contributed by atoms with van der Waals surface area (Å²) < 4.78 is 23.6. The fourth-order valence-electron chi connectivity index (χ4n) is 1.14. The number of halogens is 1. The largest absolute Gasteiger partial charge is 0.223 e. The maximum Gasteiger partial charge on any atom is 0.182 e. The van der Waals surface area contributed by atoms with Gasteiger partial charge in [-0.15, -0.1) is 11.6 Å². The zero-order valence-electron chi connectivity index (χ0n) is 8.53. The zero-order chi connectivity index (χ0) is 11.5. The molecule has 0 unspecified atom stereocenters. The van der Waals surface area contributed by atoms with Gasteiger partial charge >= 0.3 is 0 Å². The van der Waals surface area contributed by atoms with Crippen LogP contribution >= 0.6 is 11.6 Å². The minimum absolute atomic E-state index is 0.0838. The van der Waals surface area contributed by atoms with Gasteiger partial charge in [0.05, 0.1) is 10.6 Å². The molecule has 0 N–H and O–H groups in total. The Balaban J connectivity index is 2.96. The predicted molar refractivity (Wildman–Crippen MR) is 63.1 cm³/mol. The van der Waals surface area contributed by atoms with Crippen LogP contribution in [0.2, 0.25) is 0 Å². The van der Waals surface area contributed by atoms with E-state index in [4.69, 9.17) is 11.6 Å². The Labute approximate surface area is 95.5 Å². The van der Waals surface area contributed by atoms with Crippen molar-refractivity contribution in [3.05, 3.63) is 42.0 Å². The molecule has 0 aliphatic heterocycles. The highest BCUT2D eigenvalue weighted by molar-refractivity contribution is 7.91. The monoisotopic (exact) mass is 244 g/mol. The lowest BCUT2D eigenvalue weighted by atomic mass is 10.2. The molecule has 0 saturated carbocycles. The highest BCUT2D eigenvalue weighted by Gasteiger charge is 2.14. The lowest BCUT2D eigenvalue weighted by Gasteiger charge is -2.05. The van der Waals surface area contributed by atoms with Crippen LogP contribution < -0.4 is 0 Å². The first-order valence-corrected chi connectivity index (χ1v) is 6.66. The third kappa shape index (κ3) is 3.36. The van der Waals surface area contributed by atoms with E-state index < -0.39 is 9.84 Å². The van der Waals surface area contributed by atoms with Gasteiger partial charge in [-0.3, -0.25) is 0 Å². The molecule has 15 heavy (non-hydrogen) atoms. The van der Waals surface area contributed by atoms with Gasteiger partial charge in [-0.05, 0) is 24.6 Å². The molecular formula is C11H13ClO2S. The molecule has 0 aliphatic carbocycles. The molecular weight excluding hydrogens is 232 g/mol. The highest BCUT2D eigenvalue weighted by atomic mass is 35.5. The average Bonchev–Trinajstić information content (AvgIpc) is 2.17. The number of rotatable bonds is 4. The normalized spacial score (nSPS) is 11.3. The van der Waals surface area contributed by atoms with Crippen molar-refractivity contribution in [2.75, 3.05) is 11.6 Å². The van der Waals surface area contributed by atoms with Crippen LogP contribution in [0.15, 0.2) is 41.3 Å². The lowest BCUT2D eigenvalue weighted by Crippen LogP contribution is -2.09. The van der Waals surface area contributed by atoms with Crippen molar-refractivity contribution in [3.8, 4) is 0 Å². The van der Waals surface area contributed by atoms with Gasteiger partial charge in [0.1, 0.15) is 0 Å². The van der Waals surface area contributed by atoms with E-state index in [1.807, 2.05) is 6.92 Å². The molecule has 0 amide bonds. The summed E-state index contributed by atoms with van der Waals surface area (Å²) in [7, 11) is -3.27. The summed E-state index contributed by atoms with van der Waals surface area (Å²) >= 11 is 5.51. The van der Waals surface area contributed by atoms with E-state index in [9.17, 15) is 8.42 Å². The Bertz CT molecular complexity index is 446. The lowest BCUT2D eigenvalue weighted by molar-refractivity contribution is 0.598. The van der Waals surface area contributed by atoms with Crippen LogP contribution in [-0.2, 0) is 9.84 Å². The molecule has 0 heterocycles. The molecule has 1 rings (SSSR count). The third-order valence-electron chi connectivity index (χ3n) is 1.96. The van der Waals surface area contributed by atoms with Crippen LogP contribution in [0.1, 0.15) is 5.56 Å². The molecule has 0 spiro atoms. The highest BCUT2D eigenvalue weighted by Crippen LogP contribution is 2.14. The summed E-state index contributed by atoms with van der Waals surface area (Å²) in [4.78, 5) is 0.319. The molecule has 0 atom stereocenters. The van der Waals surface area contributed by atoms with Gasteiger partial charge in [0.2, 0.25) is 0 Å². The zero-order valence-corrected chi connectivity index (χ0v) is 10.1. The van der Waals surface area contributed by atoms with Gasteiger partial charge in [-0.2, -0.15) is 0 Å². The molecule has 1 aromatic carbocycles. The number of benzene rings is 1. The van der Waals surface area contributed by atoms with E-state index in [2.05, 4.69) is 6.58 Å². The van der Waals surface area contributed by atoms with Crippen molar-refractivity contribution >= 4 is 21.4 Å². The van der Waals surface area contributed by atoms with Gasteiger partial charge in [-0.1, -0.05) is 24.3 Å².